The van der Waals surface area contributed by atoms with E-state index in [1.54, 1.807) is 4.90 Å². The minimum absolute atomic E-state index is 0.0104. The molecule has 0 bridgehead atoms. The van der Waals surface area contributed by atoms with Crippen molar-refractivity contribution in [3.05, 3.63) is 12.2 Å². The molecule has 1 aliphatic rings. The molecule has 1 aliphatic heterocycles. The lowest BCUT2D eigenvalue weighted by molar-refractivity contribution is -0.138. The molecule has 1 heterocycles. The van der Waals surface area contributed by atoms with E-state index in [0.29, 0.717) is 32.4 Å². The first kappa shape index (κ1) is 25.8. The number of unbranched alkanes of at least 4 members (excludes halogenated alkanes) is 8. The van der Waals surface area contributed by atoms with Gasteiger partial charge in [-0.1, -0.05) is 38.5 Å². The van der Waals surface area contributed by atoms with Gasteiger partial charge >= 0.3 is 5.97 Å². The SMILES string of the molecule is NC(CCCCNC(=O)CCCCCCCCCCN1CC(=O)C=CC1=O)C(=O)O. The van der Waals surface area contributed by atoms with Gasteiger partial charge in [0.25, 0.3) is 0 Å². The van der Waals surface area contributed by atoms with Crippen molar-refractivity contribution in [2.45, 2.75) is 83.1 Å². The topological polar surface area (TPSA) is 130 Å². The second-order valence-corrected chi connectivity index (χ2v) is 7.93. The number of nitrogens with two attached hydrogens (primary N) is 1. The maximum absolute atomic E-state index is 11.7. The lowest BCUT2D eigenvalue weighted by Gasteiger charge is -2.22. The highest BCUT2D eigenvalue weighted by atomic mass is 16.4. The Labute approximate surface area is 179 Å². The van der Waals surface area contributed by atoms with Crippen LogP contribution in [0, 0.1) is 0 Å². The van der Waals surface area contributed by atoms with Gasteiger partial charge in [0.15, 0.2) is 5.78 Å². The summed E-state index contributed by atoms with van der Waals surface area (Å²) in [4.78, 5) is 46.9. The maximum Gasteiger partial charge on any atom is 0.320 e. The van der Waals surface area contributed by atoms with E-state index in [-0.39, 0.29) is 24.1 Å². The first-order valence-corrected chi connectivity index (χ1v) is 11.1. The molecule has 0 aromatic rings. The Bertz CT molecular complexity index is 591. The molecule has 0 spiro atoms. The number of nitrogens with one attached hydrogen (secondary N) is 1. The van der Waals surface area contributed by atoms with E-state index in [1.165, 1.54) is 12.2 Å². The average molecular weight is 424 g/mol. The lowest BCUT2D eigenvalue weighted by atomic mass is 10.1. The Hall–Kier alpha value is -2.22. The summed E-state index contributed by atoms with van der Waals surface area (Å²) in [7, 11) is 0. The number of rotatable bonds is 17. The molecule has 0 aromatic heterocycles. The number of aliphatic carboxylic acids is 1. The van der Waals surface area contributed by atoms with Gasteiger partial charge in [-0.05, 0) is 38.2 Å². The Morgan fingerprint density at radius 3 is 2.27 bits per heavy atom. The molecule has 0 saturated carbocycles. The van der Waals surface area contributed by atoms with Crippen LogP contribution in [-0.2, 0) is 19.2 Å². The van der Waals surface area contributed by atoms with Crippen molar-refractivity contribution in [3.8, 4) is 0 Å². The molecule has 0 saturated heterocycles. The molecule has 0 aromatic carbocycles. The Morgan fingerprint density at radius 2 is 1.60 bits per heavy atom. The summed E-state index contributed by atoms with van der Waals surface area (Å²) < 4.78 is 0. The fraction of sp³-hybridized carbons (Fsp3) is 0.727. The van der Waals surface area contributed by atoms with Crippen LogP contribution in [0.2, 0.25) is 0 Å². The maximum atomic E-state index is 11.7. The largest absolute Gasteiger partial charge is 0.480 e. The van der Waals surface area contributed by atoms with Gasteiger partial charge in [-0.3, -0.25) is 19.2 Å². The number of hydrogen-bond donors (Lipinski definition) is 3. The third-order valence-corrected chi connectivity index (χ3v) is 5.23. The Kier molecular flexibility index (Phi) is 13.4. The van der Waals surface area contributed by atoms with Crippen LogP contribution in [-0.4, -0.2) is 59.2 Å². The first-order valence-electron chi connectivity index (χ1n) is 11.1. The van der Waals surface area contributed by atoms with E-state index in [0.717, 1.165) is 57.8 Å². The van der Waals surface area contributed by atoms with Crippen LogP contribution in [0.3, 0.4) is 0 Å². The number of carboxylic acid groups (broad SMARTS) is 1. The molecule has 8 heteroatoms. The predicted octanol–water partition coefficient (Wildman–Crippen LogP) is 2.16. The summed E-state index contributed by atoms with van der Waals surface area (Å²) in [5, 5.41) is 11.5. The highest BCUT2D eigenvalue weighted by Gasteiger charge is 2.17. The zero-order valence-electron chi connectivity index (χ0n) is 17.9. The molecule has 170 valence electrons. The van der Waals surface area contributed by atoms with Crippen LogP contribution in [0.5, 0.6) is 0 Å². The predicted molar refractivity (Wildman–Crippen MR) is 115 cm³/mol. The number of hydrogen-bond acceptors (Lipinski definition) is 5. The fourth-order valence-electron chi connectivity index (χ4n) is 3.36. The number of carboxylic acids is 1. The van der Waals surface area contributed by atoms with Crippen LogP contribution >= 0.6 is 0 Å². The molecule has 8 nitrogen and oxygen atoms in total. The molecule has 1 atom stereocenters. The zero-order chi connectivity index (χ0) is 22.2. The molecule has 0 radical (unpaired) electrons. The van der Waals surface area contributed by atoms with Crippen LogP contribution in [0.25, 0.3) is 0 Å². The third-order valence-electron chi connectivity index (χ3n) is 5.23. The van der Waals surface area contributed by atoms with Gasteiger partial charge < -0.3 is 21.1 Å². The summed E-state index contributed by atoms with van der Waals surface area (Å²) in [6.07, 6.45) is 13.5. The second kappa shape index (κ2) is 15.6. The van der Waals surface area contributed by atoms with Crippen LogP contribution in [0.4, 0.5) is 0 Å². The van der Waals surface area contributed by atoms with E-state index in [9.17, 15) is 19.2 Å². The standard InChI is InChI=1S/C22H37N3O5/c23-19(22(29)30)11-8-9-15-24-20(27)12-7-5-3-1-2-4-6-10-16-25-17-18(26)13-14-21(25)28/h13-14,19H,1-12,15-17,23H2,(H,24,27)(H,29,30). The Balaban J connectivity index is 1.85. The van der Waals surface area contributed by atoms with Crippen LogP contribution in [0.1, 0.15) is 77.0 Å². The number of amides is 2. The quantitative estimate of drug-likeness (QED) is 0.307. The molecule has 1 rings (SSSR count). The second-order valence-electron chi connectivity index (χ2n) is 7.93. The summed E-state index contributed by atoms with van der Waals surface area (Å²) in [6, 6.07) is -0.817. The molecule has 0 aliphatic carbocycles. The van der Waals surface area contributed by atoms with Crippen molar-refractivity contribution in [2.24, 2.45) is 5.73 Å². The van der Waals surface area contributed by atoms with Crippen molar-refractivity contribution in [1.82, 2.24) is 10.2 Å². The van der Waals surface area contributed by atoms with E-state index >= 15 is 0 Å². The summed E-state index contributed by atoms with van der Waals surface area (Å²) in [6.45, 7) is 1.43. The van der Waals surface area contributed by atoms with Crippen molar-refractivity contribution in [2.75, 3.05) is 19.6 Å². The monoisotopic (exact) mass is 423 g/mol. The van der Waals surface area contributed by atoms with Gasteiger partial charge in [0, 0.05) is 25.6 Å². The highest BCUT2D eigenvalue weighted by Crippen LogP contribution is 2.11. The van der Waals surface area contributed by atoms with E-state index in [1.807, 2.05) is 0 Å². The minimum Gasteiger partial charge on any atom is -0.480 e. The van der Waals surface area contributed by atoms with E-state index in [4.69, 9.17) is 10.8 Å². The number of carbonyl (C=O) groups is 4. The summed E-state index contributed by atoms with van der Waals surface area (Å²) in [5.41, 5.74) is 5.42. The first-order chi connectivity index (χ1) is 14.4. The van der Waals surface area contributed by atoms with Gasteiger partial charge in [-0.2, -0.15) is 0 Å². The fourth-order valence-corrected chi connectivity index (χ4v) is 3.36. The van der Waals surface area contributed by atoms with Crippen molar-refractivity contribution in [1.29, 1.82) is 0 Å². The van der Waals surface area contributed by atoms with Gasteiger partial charge in [-0.25, -0.2) is 0 Å². The van der Waals surface area contributed by atoms with E-state index < -0.39 is 12.0 Å². The lowest BCUT2D eigenvalue weighted by Crippen LogP contribution is -2.37. The summed E-state index contributed by atoms with van der Waals surface area (Å²) in [5.74, 6) is -1.01. The minimum atomic E-state index is -0.983. The molecule has 1 unspecified atom stereocenters. The molecule has 30 heavy (non-hydrogen) atoms. The smallest absolute Gasteiger partial charge is 0.320 e. The zero-order valence-corrected chi connectivity index (χ0v) is 17.9. The van der Waals surface area contributed by atoms with Gasteiger partial charge in [0.2, 0.25) is 11.8 Å². The van der Waals surface area contributed by atoms with Gasteiger partial charge in [0.1, 0.15) is 6.04 Å². The van der Waals surface area contributed by atoms with Crippen molar-refractivity contribution >= 4 is 23.6 Å². The van der Waals surface area contributed by atoms with Gasteiger partial charge in [0.05, 0.1) is 6.54 Å². The molecule has 4 N–H and O–H groups in total. The van der Waals surface area contributed by atoms with E-state index in [2.05, 4.69) is 5.32 Å². The van der Waals surface area contributed by atoms with Crippen molar-refractivity contribution in [3.63, 3.8) is 0 Å². The molecular formula is C22H37N3O5. The third kappa shape index (κ3) is 12.4. The average Bonchev–Trinajstić information content (AvgIpc) is 2.71. The van der Waals surface area contributed by atoms with Crippen LogP contribution < -0.4 is 11.1 Å². The Morgan fingerprint density at radius 1 is 0.967 bits per heavy atom. The molecule has 0 fully saturated rings. The normalized spacial score (nSPS) is 14.8. The number of nitrogens with zero attached hydrogens (tertiary/aromatic N) is 1. The molecular weight excluding hydrogens is 386 g/mol. The van der Waals surface area contributed by atoms with Crippen LogP contribution in [0.15, 0.2) is 12.2 Å². The molecule has 2 amide bonds. The number of ketones is 1. The van der Waals surface area contributed by atoms with Gasteiger partial charge in [-0.15, -0.1) is 0 Å². The number of carbonyl (C=O) groups excluding carboxylic acids is 3. The van der Waals surface area contributed by atoms with Crippen molar-refractivity contribution < 1.29 is 24.3 Å². The highest BCUT2D eigenvalue weighted by molar-refractivity contribution is 6.04. The summed E-state index contributed by atoms with van der Waals surface area (Å²) >= 11 is 0.